The second-order valence-corrected chi connectivity index (χ2v) is 2.83. The highest BCUT2D eigenvalue weighted by Crippen LogP contribution is 2.08. The molecule has 0 aromatic heterocycles. The van der Waals surface area contributed by atoms with E-state index in [0.29, 0.717) is 13.2 Å². The maximum atomic E-state index is 9.75. The van der Waals surface area contributed by atoms with E-state index in [9.17, 15) is 17.3 Å². The van der Waals surface area contributed by atoms with Crippen molar-refractivity contribution in [2.75, 3.05) is 13.2 Å². The van der Waals surface area contributed by atoms with Crippen molar-refractivity contribution in [2.45, 2.75) is 0 Å². The van der Waals surface area contributed by atoms with Gasteiger partial charge in [0.25, 0.3) is 6.61 Å². The molecule has 1 aliphatic carbocycles. The first-order valence-electron chi connectivity index (χ1n) is 4.52. The van der Waals surface area contributed by atoms with Crippen LogP contribution >= 0.6 is 0 Å². The van der Waals surface area contributed by atoms with Gasteiger partial charge in [0.1, 0.15) is 0 Å². The molecule has 0 saturated heterocycles. The average Bonchev–Trinajstić information content (AvgIpc) is 2.39. The van der Waals surface area contributed by atoms with Crippen LogP contribution in [-0.2, 0) is 9.16 Å². The quantitative estimate of drug-likeness (QED) is 0.359. The Kier molecular flexibility index (Phi) is 4.33. The predicted octanol–water partition coefficient (Wildman–Crippen LogP) is 2.43. The van der Waals surface area contributed by atoms with E-state index in [0.717, 1.165) is 11.5 Å². The number of halogens is 4. The normalized spacial score (nSPS) is 18.2. The second kappa shape index (κ2) is 5.53. The molecule has 0 amide bonds. The minimum Gasteiger partial charge on any atom is -0.475 e. The molecule has 0 radical (unpaired) electrons. The van der Waals surface area contributed by atoms with Crippen molar-refractivity contribution < 1.29 is 26.4 Å². The van der Waals surface area contributed by atoms with E-state index >= 15 is 0 Å². The van der Waals surface area contributed by atoms with Crippen LogP contribution in [0.3, 0.4) is 0 Å². The van der Waals surface area contributed by atoms with Gasteiger partial charge in [0.05, 0.1) is 0 Å². The molecule has 0 fully saturated rings. The van der Waals surface area contributed by atoms with Gasteiger partial charge >= 0.3 is 13.0 Å². The Morgan fingerprint density at radius 3 is 2.50 bits per heavy atom. The lowest BCUT2D eigenvalue weighted by atomic mass is 10.3. The van der Waals surface area contributed by atoms with Crippen molar-refractivity contribution in [3.05, 3.63) is 36.1 Å². The highest BCUT2D eigenvalue weighted by molar-refractivity contribution is 6.50. The number of ether oxygens (including phenoxy) is 1. The summed E-state index contributed by atoms with van der Waals surface area (Å²) >= 11 is 0. The van der Waals surface area contributed by atoms with Crippen LogP contribution in [0.1, 0.15) is 0 Å². The molecule has 0 bridgehead atoms. The number of carbonyl (C=O) groups excluding carboxylic acids is 1. The van der Waals surface area contributed by atoms with E-state index in [1.807, 2.05) is 30.4 Å². The van der Waals surface area contributed by atoms with Gasteiger partial charge in [-0.15, -0.1) is 0 Å². The summed E-state index contributed by atoms with van der Waals surface area (Å²) in [4.78, 5) is 0. The molecule has 2 nitrogen and oxygen atoms in total. The molecular weight excluding hydrogens is 227 g/mol. The molecule has 2 rings (SSSR count). The van der Waals surface area contributed by atoms with E-state index in [2.05, 4.69) is 0 Å². The molecule has 0 saturated carbocycles. The third-order valence-corrected chi connectivity index (χ3v) is 1.56. The van der Waals surface area contributed by atoms with Gasteiger partial charge in [-0.2, -0.15) is 0 Å². The summed E-state index contributed by atoms with van der Waals surface area (Å²) in [6.45, 7) is 1.30. The maximum absolute atomic E-state index is 9.75. The first-order chi connectivity index (χ1) is 7.47. The summed E-state index contributed by atoms with van der Waals surface area (Å²) in [5.74, 6) is 1.67. The summed E-state index contributed by atoms with van der Waals surface area (Å²) in [6.07, 6.45) is 9.65. The fourth-order valence-electron chi connectivity index (χ4n) is 1.06. The first-order valence-corrected chi connectivity index (χ1v) is 4.52. The SMILES string of the molecule is C1=CC=C2OCC[O+]=C2C=C1.F[B-](F)(F)F. The van der Waals surface area contributed by atoms with Crippen LogP contribution < -0.4 is 0 Å². The van der Waals surface area contributed by atoms with Crippen LogP contribution in [0.15, 0.2) is 36.1 Å². The average molecular weight is 236 g/mol. The van der Waals surface area contributed by atoms with Gasteiger partial charge < -0.3 is 22.0 Å². The molecule has 88 valence electrons. The number of rotatable bonds is 0. The van der Waals surface area contributed by atoms with Gasteiger partial charge in [0.2, 0.25) is 5.76 Å². The standard InChI is InChI=1S/C9H9O2.BF4/c1-2-4-8-9(5-3-1)11-7-6-10-8;2-1(3,4)5/h1-5H,6-7H2;/q+1;-1. The summed E-state index contributed by atoms with van der Waals surface area (Å²) < 4.78 is 49.7. The number of ketones is 1. The number of hydrogen-bond acceptors (Lipinski definition) is 1. The monoisotopic (exact) mass is 236 g/mol. The Bertz CT molecular complexity index is 349. The molecule has 0 aromatic carbocycles. The highest BCUT2D eigenvalue weighted by atomic mass is 19.5. The molecule has 1 aliphatic heterocycles. The summed E-state index contributed by atoms with van der Waals surface area (Å²) in [5, 5.41) is 0. The van der Waals surface area contributed by atoms with Gasteiger partial charge in [-0.1, -0.05) is 18.2 Å². The van der Waals surface area contributed by atoms with Crippen molar-refractivity contribution in [1.82, 2.24) is 0 Å². The Labute approximate surface area is 89.7 Å². The van der Waals surface area contributed by atoms with E-state index in [1.165, 1.54) is 0 Å². The van der Waals surface area contributed by atoms with Gasteiger partial charge in [0.15, 0.2) is 6.61 Å². The summed E-state index contributed by atoms with van der Waals surface area (Å²) in [7, 11) is -6.00. The number of allylic oxidation sites excluding steroid dienone is 5. The molecular formula is C9H9BF4O2. The molecule has 16 heavy (non-hydrogen) atoms. The van der Waals surface area contributed by atoms with Crippen molar-refractivity contribution >= 4 is 13.0 Å². The Morgan fingerprint density at radius 1 is 1.12 bits per heavy atom. The van der Waals surface area contributed by atoms with Gasteiger partial charge in [-0.3, -0.25) is 0 Å². The Morgan fingerprint density at radius 2 is 1.81 bits per heavy atom. The van der Waals surface area contributed by atoms with Crippen LogP contribution in [0.25, 0.3) is 0 Å². The molecule has 1 heterocycles. The lowest BCUT2D eigenvalue weighted by Gasteiger charge is -2.04. The topological polar surface area (TPSA) is 20.5 Å². The molecule has 0 N–H and O–H groups in total. The summed E-state index contributed by atoms with van der Waals surface area (Å²) in [5.41, 5.74) is 0. The zero-order valence-electron chi connectivity index (χ0n) is 8.21. The van der Waals surface area contributed by atoms with E-state index < -0.39 is 7.25 Å². The third kappa shape index (κ3) is 5.38. The van der Waals surface area contributed by atoms with Crippen molar-refractivity contribution in [3.8, 4) is 0 Å². The predicted molar refractivity (Wildman–Crippen MR) is 52.4 cm³/mol. The van der Waals surface area contributed by atoms with E-state index in [-0.39, 0.29) is 0 Å². The van der Waals surface area contributed by atoms with E-state index in [4.69, 9.17) is 9.16 Å². The highest BCUT2D eigenvalue weighted by Gasteiger charge is 2.22. The number of fused-ring (bicyclic) bond motifs is 1. The van der Waals surface area contributed by atoms with Gasteiger partial charge in [-0.25, -0.2) is 4.42 Å². The van der Waals surface area contributed by atoms with E-state index in [1.54, 1.807) is 0 Å². The fraction of sp³-hybridized carbons (Fsp3) is 0.222. The zero-order chi connectivity index (χ0) is 12.0. The zero-order valence-corrected chi connectivity index (χ0v) is 8.21. The smallest absolute Gasteiger partial charge is 0.475 e. The van der Waals surface area contributed by atoms with Crippen LogP contribution in [0, 0.1) is 0 Å². The second-order valence-electron chi connectivity index (χ2n) is 2.83. The van der Waals surface area contributed by atoms with Gasteiger partial charge in [-0.05, 0) is 6.08 Å². The fourth-order valence-corrected chi connectivity index (χ4v) is 1.06. The molecule has 2 aliphatic rings. The molecule has 0 spiro atoms. The minimum absolute atomic E-state index is 0.650. The lowest BCUT2D eigenvalue weighted by molar-refractivity contribution is -0.466. The molecule has 0 unspecified atom stereocenters. The van der Waals surface area contributed by atoms with Crippen LogP contribution in [0.4, 0.5) is 17.3 Å². The van der Waals surface area contributed by atoms with Crippen molar-refractivity contribution in [2.24, 2.45) is 0 Å². The van der Waals surface area contributed by atoms with Gasteiger partial charge in [0, 0.05) is 6.08 Å². The molecule has 0 atom stereocenters. The largest absolute Gasteiger partial charge is 0.673 e. The summed E-state index contributed by atoms with van der Waals surface area (Å²) in [6, 6.07) is 0. The minimum atomic E-state index is -6.00. The van der Waals surface area contributed by atoms with Crippen LogP contribution in [0.5, 0.6) is 0 Å². The maximum Gasteiger partial charge on any atom is 0.673 e. The Balaban J connectivity index is 0.000000221. The number of hydrogen-bond donors (Lipinski definition) is 0. The van der Waals surface area contributed by atoms with Crippen LogP contribution in [-0.4, -0.2) is 26.3 Å². The Hall–Kier alpha value is -1.53. The van der Waals surface area contributed by atoms with Crippen molar-refractivity contribution in [1.29, 1.82) is 0 Å². The van der Waals surface area contributed by atoms with Crippen LogP contribution in [0.2, 0.25) is 0 Å². The molecule has 0 aromatic rings. The third-order valence-electron chi connectivity index (χ3n) is 1.56. The first kappa shape index (κ1) is 12.5. The lowest BCUT2D eigenvalue weighted by Crippen LogP contribution is -2.16. The van der Waals surface area contributed by atoms with Crippen molar-refractivity contribution in [3.63, 3.8) is 0 Å². The molecule has 7 heteroatoms.